The standard InChI is InChI=1S/C44H29NO/c1-2-14-31(15-3-1)35-21-10-17-32-18-11-22-38(43(32)35)36-19-6-8-24-40(36)45(34-28-27-30-13-4-5-16-33(30)29-34)41-25-12-23-39-37-20-7-9-26-42(37)46-44(39)41/h1-29H. The molecular formula is C44H29NO. The van der Waals surface area contributed by atoms with E-state index in [1.54, 1.807) is 0 Å². The van der Waals surface area contributed by atoms with Gasteiger partial charge in [0.2, 0.25) is 0 Å². The lowest BCUT2D eigenvalue weighted by molar-refractivity contribution is 0.669. The number of benzene rings is 8. The van der Waals surface area contributed by atoms with Gasteiger partial charge in [0.05, 0.1) is 11.4 Å². The van der Waals surface area contributed by atoms with Crippen LogP contribution in [-0.4, -0.2) is 0 Å². The topological polar surface area (TPSA) is 16.4 Å². The molecule has 0 aliphatic rings. The molecule has 216 valence electrons. The Bertz CT molecular complexity index is 2540. The summed E-state index contributed by atoms with van der Waals surface area (Å²) in [5.41, 5.74) is 9.68. The highest BCUT2D eigenvalue weighted by Gasteiger charge is 2.23. The molecule has 0 atom stereocenters. The van der Waals surface area contributed by atoms with Crippen molar-refractivity contribution in [3.8, 4) is 22.3 Å². The first kappa shape index (κ1) is 26.3. The Balaban J connectivity index is 1.35. The van der Waals surface area contributed by atoms with Gasteiger partial charge in [-0.05, 0) is 68.6 Å². The molecule has 0 aliphatic heterocycles. The molecule has 9 rings (SSSR count). The van der Waals surface area contributed by atoms with Gasteiger partial charge in [-0.1, -0.05) is 146 Å². The van der Waals surface area contributed by atoms with E-state index in [1.165, 1.54) is 38.2 Å². The highest BCUT2D eigenvalue weighted by atomic mass is 16.3. The van der Waals surface area contributed by atoms with E-state index < -0.39 is 0 Å². The van der Waals surface area contributed by atoms with Gasteiger partial charge in [-0.25, -0.2) is 0 Å². The minimum Gasteiger partial charge on any atom is -0.454 e. The Morgan fingerprint density at radius 1 is 0.391 bits per heavy atom. The van der Waals surface area contributed by atoms with Crippen LogP contribution in [0.2, 0.25) is 0 Å². The summed E-state index contributed by atoms with van der Waals surface area (Å²) >= 11 is 0. The van der Waals surface area contributed by atoms with Crippen molar-refractivity contribution in [1.29, 1.82) is 0 Å². The van der Waals surface area contributed by atoms with Gasteiger partial charge in [0.1, 0.15) is 5.58 Å². The summed E-state index contributed by atoms with van der Waals surface area (Å²) < 4.78 is 6.65. The predicted octanol–water partition coefficient (Wildman–Crippen LogP) is 12.7. The number of fused-ring (bicyclic) bond motifs is 5. The van der Waals surface area contributed by atoms with Crippen LogP contribution in [0.15, 0.2) is 180 Å². The lowest BCUT2D eigenvalue weighted by atomic mass is 9.90. The van der Waals surface area contributed by atoms with E-state index in [0.717, 1.165) is 44.6 Å². The van der Waals surface area contributed by atoms with Crippen LogP contribution in [0.4, 0.5) is 17.1 Å². The summed E-state index contributed by atoms with van der Waals surface area (Å²) in [7, 11) is 0. The van der Waals surface area contributed by atoms with Gasteiger partial charge in [0, 0.05) is 22.0 Å². The average Bonchev–Trinajstić information content (AvgIpc) is 3.51. The second-order valence-electron chi connectivity index (χ2n) is 11.7. The molecule has 1 heterocycles. The molecule has 46 heavy (non-hydrogen) atoms. The quantitative estimate of drug-likeness (QED) is 0.199. The van der Waals surface area contributed by atoms with E-state index in [1.807, 2.05) is 6.07 Å². The average molecular weight is 588 g/mol. The van der Waals surface area contributed by atoms with Crippen molar-refractivity contribution in [2.24, 2.45) is 0 Å². The summed E-state index contributed by atoms with van der Waals surface area (Å²) in [5, 5.41) is 7.08. The maximum absolute atomic E-state index is 6.65. The third kappa shape index (κ3) is 4.27. The van der Waals surface area contributed by atoms with Crippen LogP contribution in [0.5, 0.6) is 0 Å². The van der Waals surface area contributed by atoms with E-state index in [4.69, 9.17) is 4.42 Å². The van der Waals surface area contributed by atoms with Crippen LogP contribution in [0.1, 0.15) is 0 Å². The third-order valence-corrected chi connectivity index (χ3v) is 9.04. The lowest BCUT2D eigenvalue weighted by Gasteiger charge is -2.28. The van der Waals surface area contributed by atoms with Crippen molar-refractivity contribution >= 4 is 60.5 Å². The van der Waals surface area contributed by atoms with Crippen LogP contribution in [0.3, 0.4) is 0 Å². The summed E-state index contributed by atoms with van der Waals surface area (Å²) in [6.07, 6.45) is 0. The van der Waals surface area contributed by atoms with Gasteiger partial charge in [-0.2, -0.15) is 0 Å². The normalized spacial score (nSPS) is 11.5. The minimum absolute atomic E-state index is 0.870. The molecule has 1 aromatic heterocycles. The monoisotopic (exact) mass is 587 g/mol. The largest absolute Gasteiger partial charge is 0.454 e. The van der Waals surface area contributed by atoms with E-state index in [9.17, 15) is 0 Å². The van der Waals surface area contributed by atoms with Crippen molar-refractivity contribution in [1.82, 2.24) is 0 Å². The Morgan fingerprint density at radius 2 is 1.02 bits per heavy atom. The molecule has 2 nitrogen and oxygen atoms in total. The van der Waals surface area contributed by atoms with Crippen molar-refractivity contribution in [2.75, 3.05) is 4.90 Å². The molecule has 9 aromatic rings. The first-order valence-corrected chi connectivity index (χ1v) is 15.7. The number of rotatable bonds is 5. The lowest BCUT2D eigenvalue weighted by Crippen LogP contribution is -2.11. The molecule has 0 fully saturated rings. The van der Waals surface area contributed by atoms with Crippen LogP contribution in [0, 0.1) is 0 Å². The highest BCUT2D eigenvalue weighted by Crippen LogP contribution is 2.47. The van der Waals surface area contributed by atoms with Crippen molar-refractivity contribution in [3.63, 3.8) is 0 Å². The first-order chi connectivity index (χ1) is 22.8. The molecule has 0 N–H and O–H groups in total. The molecule has 0 amide bonds. The van der Waals surface area contributed by atoms with Gasteiger partial charge in [0.15, 0.2) is 5.58 Å². The maximum atomic E-state index is 6.65. The zero-order valence-electron chi connectivity index (χ0n) is 25.1. The van der Waals surface area contributed by atoms with Gasteiger partial charge in [0.25, 0.3) is 0 Å². The molecule has 0 spiro atoms. The van der Waals surface area contributed by atoms with Crippen LogP contribution in [0.25, 0.3) is 65.7 Å². The minimum atomic E-state index is 0.870. The summed E-state index contributed by atoms with van der Waals surface area (Å²) in [6.45, 7) is 0. The van der Waals surface area contributed by atoms with E-state index >= 15 is 0 Å². The highest BCUT2D eigenvalue weighted by molar-refractivity contribution is 6.12. The molecule has 0 radical (unpaired) electrons. The summed E-state index contributed by atoms with van der Waals surface area (Å²) in [5.74, 6) is 0. The number of nitrogens with zero attached hydrogens (tertiary/aromatic N) is 1. The zero-order chi connectivity index (χ0) is 30.5. The molecule has 8 aromatic carbocycles. The zero-order valence-corrected chi connectivity index (χ0v) is 25.1. The summed E-state index contributed by atoms with van der Waals surface area (Å²) in [6, 6.07) is 62.7. The van der Waals surface area contributed by atoms with Crippen molar-refractivity contribution in [2.45, 2.75) is 0 Å². The van der Waals surface area contributed by atoms with Crippen LogP contribution >= 0.6 is 0 Å². The van der Waals surface area contributed by atoms with Gasteiger partial charge in [-0.3, -0.25) is 0 Å². The Morgan fingerprint density at radius 3 is 1.91 bits per heavy atom. The van der Waals surface area contributed by atoms with Crippen LogP contribution in [-0.2, 0) is 0 Å². The van der Waals surface area contributed by atoms with E-state index in [2.05, 4.69) is 175 Å². The SMILES string of the molecule is c1ccc(-c2cccc3cccc(-c4ccccc4N(c4ccc5ccccc5c4)c4cccc5c4oc4ccccc45)c23)cc1. The third-order valence-electron chi connectivity index (χ3n) is 9.04. The van der Waals surface area contributed by atoms with E-state index in [-0.39, 0.29) is 0 Å². The molecule has 0 saturated carbocycles. The van der Waals surface area contributed by atoms with E-state index in [0.29, 0.717) is 0 Å². The van der Waals surface area contributed by atoms with Gasteiger partial charge < -0.3 is 9.32 Å². The Labute approximate surface area is 267 Å². The fourth-order valence-electron chi connectivity index (χ4n) is 6.95. The number of hydrogen-bond acceptors (Lipinski definition) is 2. The first-order valence-electron chi connectivity index (χ1n) is 15.7. The second-order valence-corrected chi connectivity index (χ2v) is 11.7. The molecule has 2 heteroatoms. The number of anilines is 3. The Kier molecular flexibility index (Phi) is 6.17. The molecule has 0 saturated heterocycles. The summed E-state index contributed by atoms with van der Waals surface area (Å²) in [4.78, 5) is 2.37. The molecule has 0 aliphatic carbocycles. The predicted molar refractivity (Wildman–Crippen MR) is 194 cm³/mol. The fraction of sp³-hybridized carbons (Fsp3) is 0. The van der Waals surface area contributed by atoms with Crippen molar-refractivity contribution in [3.05, 3.63) is 176 Å². The maximum Gasteiger partial charge on any atom is 0.159 e. The van der Waals surface area contributed by atoms with Gasteiger partial charge in [-0.15, -0.1) is 0 Å². The number of hydrogen-bond donors (Lipinski definition) is 0. The van der Waals surface area contributed by atoms with Crippen LogP contribution < -0.4 is 4.90 Å². The second kappa shape index (κ2) is 10.8. The van der Waals surface area contributed by atoms with Gasteiger partial charge >= 0.3 is 0 Å². The smallest absolute Gasteiger partial charge is 0.159 e. The number of para-hydroxylation sites is 3. The fourth-order valence-corrected chi connectivity index (χ4v) is 6.95. The van der Waals surface area contributed by atoms with Crippen molar-refractivity contribution < 1.29 is 4.42 Å². The molecular weight excluding hydrogens is 558 g/mol. The molecule has 0 bridgehead atoms. The molecule has 0 unspecified atom stereocenters. The number of furan rings is 1. The Hall–Kier alpha value is -6.12.